The van der Waals surface area contributed by atoms with Crippen molar-refractivity contribution in [2.75, 3.05) is 12.3 Å². The average molecular weight is 204 g/mol. The zero-order valence-corrected chi connectivity index (χ0v) is 9.21. The van der Waals surface area contributed by atoms with Crippen molar-refractivity contribution in [3.63, 3.8) is 0 Å². The van der Waals surface area contributed by atoms with Gasteiger partial charge in [-0.25, -0.2) is 0 Å². The number of aryl methyl sites for hydroxylation is 1. The lowest BCUT2D eigenvalue weighted by atomic mass is 10.1. The molecule has 1 aromatic rings. The standard InChI is InChI=1S/C13H20N2/c14-12-6-4-11(5-7-12)3-1-2-10-15-13-8-9-13/h4-7,13,15H,1-3,8-10,14H2. The Labute approximate surface area is 91.9 Å². The van der Waals surface area contributed by atoms with E-state index in [0.717, 1.165) is 11.7 Å². The summed E-state index contributed by atoms with van der Waals surface area (Å²) >= 11 is 0. The van der Waals surface area contributed by atoms with Gasteiger partial charge in [0.1, 0.15) is 0 Å². The zero-order chi connectivity index (χ0) is 10.5. The quantitative estimate of drug-likeness (QED) is 0.551. The van der Waals surface area contributed by atoms with Crippen molar-refractivity contribution in [3.8, 4) is 0 Å². The van der Waals surface area contributed by atoms with Gasteiger partial charge in [0, 0.05) is 11.7 Å². The summed E-state index contributed by atoms with van der Waals surface area (Å²) in [6.45, 7) is 1.18. The predicted octanol–water partition coefficient (Wildman–Crippen LogP) is 2.34. The van der Waals surface area contributed by atoms with Crippen molar-refractivity contribution < 1.29 is 0 Å². The van der Waals surface area contributed by atoms with Crippen molar-refractivity contribution in [3.05, 3.63) is 29.8 Å². The molecule has 1 aromatic carbocycles. The smallest absolute Gasteiger partial charge is 0.0314 e. The molecular weight excluding hydrogens is 184 g/mol. The summed E-state index contributed by atoms with van der Waals surface area (Å²) in [5.41, 5.74) is 7.89. The predicted molar refractivity (Wildman–Crippen MR) is 64.8 cm³/mol. The minimum Gasteiger partial charge on any atom is -0.399 e. The molecule has 15 heavy (non-hydrogen) atoms. The number of nitrogens with two attached hydrogens (primary N) is 1. The third-order valence-electron chi connectivity index (χ3n) is 2.88. The molecule has 0 unspecified atom stereocenters. The first-order chi connectivity index (χ1) is 7.34. The molecular formula is C13H20N2. The van der Waals surface area contributed by atoms with Gasteiger partial charge in [-0.1, -0.05) is 12.1 Å². The van der Waals surface area contributed by atoms with Gasteiger partial charge in [0.2, 0.25) is 0 Å². The second kappa shape index (κ2) is 5.17. The second-order valence-corrected chi connectivity index (χ2v) is 4.43. The van der Waals surface area contributed by atoms with Crippen LogP contribution in [0.15, 0.2) is 24.3 Å². The summed E-state index contributed by atoms with van der Waals surface area (Å²) < 4.78 is 0. The maximum absolute atomic E-state index is 5.63. The second-order valence-electron chi connectivity index (χ2n) is 4.43. The van der Waals surface area contributed by atoms with E-state index >= 15 is 0 Å². The van der Waals surface area contributed by atoms with E-state index in [4.69, 9.17) is 5.73 Å². The van der Waals surface area contributed by atoms with Gasteiger partial charge in [-0.2, -0.15) is 0 Å². The summed E-state index contributed by atoms with van der Waals surface area (Å²) in [6.07, 6.45) is 6.49. The Morgan fingerprint density at radius 2 is 1.87 bits per heavy atom. The topological polar surface area (TPSA) is 38.0 Å². The first kappa shape index (κ1) is 10.5. The molecule has 1 aliphatic rings. The molecule has 2 nitrogen and oxygen atoms in total. The molecule has 3 N–H and O–H groups in total. The van der Waals surface area contributed by atoms with Gasteiger partial charge in [0.15, 0.2) is 0 Å². The monoisotopic (exact) mass is 204 g/mol. The van der Waals surface area contributed by atoms with Crippen LogP contribution >= 0.6 is 0 Å². The molecule has 82 valence electrons. The maximum atomic E-state index is 5.63. The molecule has 1 saturated carbocycles. The number of anilines is 1. The molecule has 1 aliphatic carbocycles. The Kier molecular flexibility index (Phi) is 3.62. The third-order valence-corrected chi connectivity index (χ3v) is 2.88. The maximum Gasteiger partial charge on any atom is 0.0314 e. The molecule has 2 rings (SSSR count). The van der Waals surface area contributed by atoms with Crippen molar-refractivity contribution in [2.24, 2.45) is 0 Å². The van der Waals surface area contributed by atoms with Gasteiger partial charge in [0.05, 0.1) is 0 Å². The van der Waals surface area contributed by atoms with Gasteiger partial charge in [0.25, 0.3) is 0 Å². The van der Waals surface area contributed by atoms with Gasteiger partial charge >= 0.3 is 0 Å². The van der Waals surface area contributed by atoms with Crippen LogP contribution in [-0.2, 0) is 6.42 Å². The Morgan fingerprint density at radius 3 is 2.53 bits per heavy atom. The van der Waals surface area contributed by atoms with E-state index in [1.165, 1.54) is 44.2 Å². The highest BCUT2D eigenvalue weighted by molar-refractivity contribution is 5.39. The highest BCUT2D eigenvalue weighted by Gasteiger charge is 2.19. The average Bonchev–Trinajstić information content (AvgIpc) is 3.04. The van der Waals surface area contributed by atoms with Crippen molar-refractivity contribution in [2.45, 2.75) is 38.1 Å². The lowest BCUT2D eigenvalue weighted by Crippen LogP contribution is -2.17. The number of rotatable bonds is 6. The van der Waals surface area contributed by atoms with Crippen LogP contribution in [0.2, 0.25) is 0 Å². The summed E-state index contributed by atoms with van der Waals surface area (Å²) in [4.78, 5) is 0. The summed E-state index contributed by atoms with van der Waals surface area (Å²) in [5.74, 6) is 0. The Hall–Kier alpha value is -1.02. The SMILES string of the molecule is Nc1ccc(CCCCNC2CC2)cc1. The molecule has 0 heterocycles. The van der Waals surface area contributed by atoms with E-state index < -0.39 is 0 Å². The number of hydrogen-bond donors (Lipinski definition) is 2. The molecule has 0 spiro atoms. The molecule has 0 saturated heterocycles. The molecule has 0 radical (unpaired) electrons. The van der Waals surface area contributed by atoms with Crippen LogP contribution in [0.1, 0.15) is 31.2 Å². The lowest BCUT2D eigenvalue weighted by molar-refractivity contribution is 0.620. The first-order valence-corrected chi connectivity index (χ1v) is 5.92. The molecule has 0 aliphatic heterocycles. The molecule has 0 atom stereocenters. The Bertz CT molecular complexity index is 288. The summed E-state index contributed by atoms with van der Waals surface area (Å²) in [6, 6.07) is 9.07. The molecule has 0 bridgehead atoms. The molecule has 0 aromatic heterocycles. The number of nitrogen functional groups attached to an aromatic ring is 1. The number of unbranched alkanes of at least 4 members (excludes halogenated alkanes) is 1. The van der Waals surface area contributed by atoms with E-state index in [1.54, 1.807) is 0 Å². The minimum atomic E-state index is 0.849. The van der Waals surface area contributed by atoms with Gasteiger partial charge in [-0.3, -0.25) is 0 Å². The van der Waals surface area contributed by atoms with E-state index in [0.29, 0.717) is 0 Å². The molecule has 2 heteroatoms. The summed E-state index contributed by atoms with van der Waals surface area (Å²) in [7, 11) is 0. The molecule has 1 fully saturated rings. The highest BCUT2D eigenvalue weighted by atomic mass is 14.9. The van der Waals surface area contributed by atoms with Crippen LogP contribution in [0, 0.1) is 0 Å². The van der Waals surface area contributed by atoms with Crippen LogP contribution in [0.5, 0.6) is 0 Å². The van der Waals surface area contributed by atoms with Crippen LogP contribution in [0.3, 0.4) is 0 Å². The highest BCUT2D eigenvalue weighted by Crippen LogP contribution is 2.18. The van der Waals surface area contributed by atoms with Crippen LogP contribution in [0.4, 0.5) is 5.69 Å². The van der Waals surface area contributed by atoms with Crippen LogP contribution < -0.4 is 11.1 Å². The van der Waals surface area contributed by atoms with E-state index in [-0.39, 0.29) is 0 Å². The Balaban J connectivity index is 1.58. The normalized spacial score (nSPS) is 15.5. The van der Waals surface area contributed by atoms with Gasteiger partial charge < -0.3 is 11.1 Å². The zero-order valence-electron chi connectivity index (χ0n) is 9.21. The van der Waals surface area contributed by atoms with E-state index in [2.05, 4.69) is 17.4 Å². The van der Waals surface area contributed by atoms with Crippen molar-refractivity contribution >= 4 is 5.69 Å². The Morgan fingerprint density at radius 1 is 1.13 bits per heavy atom. The van der Waals surface area contributed by atoms with E-state index in [9.17, 15) is 0 Å². The van der Waals surface area contributed by atoms with Gasteiger partial charge in [-0.15, -0.1) is 0 Å². The first-order valence-electron chi connectivity index (χ1n) is 5.92. The van der Waals surface area contributed by atoms with Crippen LogP contribution in [0.25, 0.3) is 0 Å². The largest absolute Gasteiger partial charge is 0.399 e. The van der Waals surface area contributed by atoms with Crippen molar-refractivity contribution in [1.29, 1.82) is 0 Å². The van der Waals surface area contributed by atoms with Gasteiger partial charge in [-0.05, 0) is 56.3 Å². The third kappa shape index (κ3) is 3.92. The van der Waals surface area contributed by atoms with E-state index in [1.807, 2.05) is 12.1 Å². The fourth-order valence-electron chi connectivity index (χ4n) is 1.73. The summed E-state index contributed by atoms with van der Waals surface area (Å²) in [5, 5.41) is 3.53. The van der Waals surface area contributed by atoms with Crippen LogP contribution in [-0.4, -0.2) is 12.6 Å². The lowest BCUT2D eigenvalue weighted by Gasteiger charge is -2.03. The minimum absolute atomic E-state index is 0.849. The molecule has 0 amide bonds. The number of benzene rings is 1. The fraction of sp³-hybridized carbons (Fsp3) is 0.538. The fourth-order valence-corrected chi connectivity index (χ4v) is 1.73. The number of hydrogen-bond acceptors (Lipinski definition) is 2. The van der Waals surface area contributed by atoms with Crippen molar-refractivity contribution in [1.82, 2.24) is 5.32 Å². The number of nitrogens with one attached hydrogen (secondary N) is 1.